The fraction of sp³-hybridized carbons (Fsp3) is 0.857. The van der Waals surface area contributed by atoms with Gasteiger partial charge in [-0.1, -0.05) is 11.6 Å². The van der Waals surface area contributed by atoms with Gasteiger partial charge >= 0.3 is 0 Å². The van der Waals surface area contributed by atoms with Gasteiger partial charge in [-0.05, 0) is 12.8 Å². The Morgan fingerprint density at radius 1 is 1.45 bits per heavy atom. The number of hydrogen-bond donors (Lipinski definition) is 1. The molecule has 2 aliphatic heterocycles. The molecule has 4 heteroatoms. The van der Waals surface area contributed by atoms with Crippen LogP contribution in [0.15, 0.2) is 5.10 Å². The van der Waals surface area contributed by atoms with Crippen LogP contribution in [0.1, 0.15) is 19.3 Å². The molecule has 0 aromatic heterocycles. The molecule has 1 saturated heterocycles. The minimum absolute atomic E-state index is 0.134. The standard InChI is InChI=1S/C7H11ClN2O/c8-6-5-7(10-9-6)1-3-11-4-2-7/h10H,1-5H2. The minimum Gasteiger partial charge on any atom is -0.381 e. The molecule has 2 rings (SSSR count). The summed E-state index contributed by atoms with van der Waals surface area (Å²) in [7, 11) is 0. The molecule has 1 spiro atoms. The van der Waals surface area contributed by atoms with Crippen molar-refractivity contribution in [1.82, 2.24) is 5.43 Å². The Balaban J connectivity index is 2.01. The van der Waals surface area contributed by atoms with Crippen molar-refractivity contribution < 1.29 is 4.74 Å². The zero-order valence-electron chi connectivity index (χ0n) is 6.27. The van der Waals surface area contributed by atoms with Crippen LogP contribution in [0.4, 0.5) is 0 Å². The molecule has 0 aromatic carbocycles. The largest absolute Gasteiger partial charge is 0.381 e. The van der Waals surface area contributed by atoms with E-state index in [0.717, 1.165) is 32.5 Å². The second-order valence-electron chi connectivity index (χ2n) is 3.17. The van der Waals surface area contributed by atoms with Gasteiger partial charge in [0.15, 0.2) is 0 Å². The van der Waals surface area contributed by atoms with Gasteiger partial charge in [0.2, 0.25) is 0 Å². The highest BCUT2D eigenvalue weighted by molar-refractivity contribution is 6.65. The Hall–Kier alpha value is -0.280. The van der Waals surface area contributed by atoms with Crippen LogP contribution in [-0.4, -0.2) is 23.9 Å². The van der Waals surface area contributed by atoms with E-state index in [1.165, 1.54) is 0 Å². The van der Waals surface area contributed by atoms with Gasteiger partial charge in [-0.3, -0.25) is 0 Å². The molecule has 0 aliphatic carbocycles. The first kappa shape index (κ1) is 7.37. The van der Waals surface area contributed by atoms with E-state index in [0.29, 0.717) is 5.17 Å². The van der Waals surface area contributed by atoms with Crippen molar-refractivity contribution in [2.24, 2.45) is 5.10 Å². The van der Waals surface area contributed by atoms with Crippen molar-refractivity contribution in [3.05, 3.63) is 0 Å². The second-order valence-corrected chi connectivity index (χ2v) is 3.61. The Kier molecular flexibility index (Phi) is 1.77. The van der Waals surface area contributed by atoms with Gasteiger partial charge in [-0.15, -0.1) is 0 Å². The van der Waals surface area contributed by atoms with Gasteiger partial charge in [0, 0.05) is 19.6 Å². The molecule has 1 fully saturated rings. The van der Waals surface area contributed by atoms with E-state index >= 15 is 0 Å². The molecule has 0 bridgehead atoms. The zero-order chi connectivity index (χ0) is 7.73. The SMILES string of the molecule is ClC1=NNC2(CCOCC2)C1. The molecule has 0 amide bonds. The molecular weight excluding hydrogens is 164 g/mol. The maximum atomic E-state index is 5.78. The fourth-order valence-electron chi connectivity index (χ4n) is 1.59. The van der Waals surface area contributed by atoms with Gasteiger partial charge < -0.3 is 10.2 Å². The van der Waals surface area contributed by atoms with Crippen LogP contribution in [0, 0.1) is 0 Å². The molecule has 1 N–H and O–H groups in total. The molecular formula is C7H11ClN2O. The highest BCUT2D eigenvalue weighted by atomic mass is 35.5. The van der Waals surface area contributed by atoms with Gasteiger partial charge in [-0.25, -0.2) is 0 Å². The summed E-state index contributed by atoms with van der Waals surface area (Å²) < 4.78 is 5.26. The predicted octanol–water partition coefficient (Wildman–Crippen LogP) is 1.08. The van der Waals surface area contributed by atoms with Crippen LogP contribution >= 0.6 is 11.6 Å². The first-order chi connectivity index (χ1) is 5.31. The van der Waals surface area contributed by atoms with Crippen LogP contribution in [0.2, 0.25) is 0 Å². The maximum Gasteiger partial charge on any atom is 0.128 e. The molecule has 11 heavy (non-hydrogen) atoms. The average Bonchev–Trinajstić information content (AvgIpc) is 2.34. The summed E-state index contributed by atoms with van der Waals surface area (Å²) in [4.78, 5) is 0. The normalized spacial score (nSPS) is 28.3. The Morgan fingerprint density at radius 3 is 2.73 bits per heavy atom. The quantitative estimate of drug-likeness (QED) is 0.597. The lowest BCUT2D eigenvalue weighted by atomic mass is 9.89. The summed E-state index contributed by atoms with van der Waals surface area (Å²) in [6.07, 6.45) is 2.91. The van der Waals surface area contributed by atoms with Crippen LogP contribution in [-0.2, 0) is 4.74 Å². The second kappa shape index (κ2) is 2.64. The summed E-state index contributed by atoms with van der Waals surface area (Å²) in [5.74, 6) is 0. The smallest absolute Gasteiger partial charge is 0.128 e. The van der Waals surface area contributed by atoms with Crippen LogP contribution in [0.3, 0.4) is 0 Å². The molecule has 0 radical (unpaired) electrons. The number of hydrazone groups is 1. The Morgan fingerprint density at radius 2 is 2.18 bits per heavy atom. The predicted molar refractivity (Wildman–Crippen MR) is 43.8 cm³/mol. The van der Waals surface area contributed by atoms with Crippen molar-refractivity contribution in [3.63, 3.8) is 0 Å². The maximum absolute atomic E-state index is 5.78. The third kappa shape index (κ3) is 1.35. The number of halogens is 1. The summed E-state index contributed by atoms with van der Waals surface area (Å²) in [5.41, 5.74) is 3.23. The first-order valence-corrected chi connectivity index (χ1v) is 4.26. The molecule has 2 aliphatic rings. The van der Waals surface area contributed by atoms with Crippen molar-refractivity contribution >= 4 is 16.8 Å². The topological polar surface area (TPSA) is 33.6 Å². The molecule has 0 unspecified atom stereocenters. The fourth-order valence-corrected chi connectivity index (χ4v) is 1.89. The van der Waals surface area contributed by atoms with Gasteiger partial charge in [-0.2, -0.15) is 5.10 Å². The third-order valence-corrected chi connectivity index (χ3v) is 2.57. The highest BCUT2D eigenvalue weighted by Gasteiger charge is 2.36. The van der Waals surface area contributed by atoms with Crippen LogP contribution in [0.5, 0.6) is 0 Å². The number of hydrogen-bond acceptors (Lipinski definition) is 3. The third-order valence-electron chi connectivity index (χ3n) is 2.35. The van der Waals surface area contributed by atoms with Crippen molar-refractivity contribution in [2.45, 2.75) is 24.8 Å². The Bertz CT molecular complexity index is 187. The summed E-state index contributed by atoms with van der Waals surface area (Å²) in [5, 5.41) is 4.69. The molecule has 0 atom stereocenters. The number of rotatable bonds is 0. The summed E-state index contributed by atoms with van der Waals surface area (Å²) in [6.45, 7) is 1.65. The molecule has 0 aromatic rings. The van der Waals surface area contributed by atoms with Crippen molar-refractivity contribution in [2.75, 3.05) is 13.2 Å². The number of nitrogens with one attached hydrogen (secondary N) is 1. The molecule has 3 nitrogen and oxygen atoms in total. The van der Waals surface area contributed by atoms with E-state index in [1.807, 2.05) is 0 Å². The molecule has 2 heterocycles. The lowest BCUT2D eigenvalue weighted by Crippen LogP contribution is -2.44. The van der Waals surface area contributed by atoms with E-state index in [-0.39, 0.29) is 5.54 Å². The first-order valence-electron chi connectivity index (χ1n) is 3.88. The average molecular weight is 175 g/mol. The van der Waals surface area contributed by atoms with Crippen LogP contribution in [0.25, 0.3) is 0 Å². The lowest BCUT2D eigenvalue weighted by molar-refractivity contribution is 0.0452. The van der Waals surface area contributed by atoms with E-state index < -0.39 is 0 Å². The van der Waals surface area contributed by atoms with E-state index in [4.69, 9.17) is 16.3 Å². The highest BCUT2D eigenvalue weighted by Crippen LogP contribution is 2.29. The summed E-state index contributed by atoms with van der Waals surface area (Å²) >= 11 is 5.78. The number of ether oxygens (including phenoxy) is 1. The van der Waals surface area contributed by atoms with E-state index in [9.17, 15) is 0 Å². The molecule has 0 saturated carbocycles. The van der Waals surface area contributed by atoms with Gasteiger partial charge in [0.25, 0.3) is 0 Å². The summed E-state index contributed by atoms with van der Waals surface area (Å²) in [6, 6.07) is 0. The van der Waals surface area contributed by atoms with Crippen molar-refractivity contribution in [1.29, 1.82) is 0 Å². The Labute approximate surface area is 70.7 Å². The minimum atomic E-state index is 0.134. The van der Waals surface area contributed by atoms with E-state index in [1.54, 1.807) is 0 Å². The zero-order valence-corrected chi connectivity index (χ0v) is 7.02. The van der Waals surface area contributed by atoms with Crippen molar-refractivity contribution in [3.8, 4) is 0 Å². The molecule has 62 valence electrons. The monoisotopic (exact) mass is 174 g/mol. The van der Waals surface area contributed by atoms with E-state index in [2.05, 4.69) is 10.5 Å². The van der Waals surface area contributed by atoms with Gasteiger partial charge in [0.1, 0.15) is 5.17 Å². The number of nitrogens with zero attached hydrogens (tertiary/aromatic N) is 1. The van der Waals surface area contributed by atoms with Gasteiger partial charge in [0.05, 0.1) is 5.54 Å². The lowest BCUT2D eigenvalue weighted by Gasteiger charge is -2.32. The van der Waals surface area contributed by atoms with Crippen LogP contribution < -0.4 is 5.43 Å².